The fourth-order valence-corrected chi connectivity index (χ4v) is 1.97. The van der Waals surface area contributed by atoms with Crippen molar-refractivity contribution in [3.63, 3.8) is 0 Å². The maximum atomic E-state index is 13.0. The van der Waals surface area contributed by atoms with Gasteiger partial charge < -0.3 is 9.84 Å². The average molecular weight is 299 g/mol. The maximum absolute atomic E-state index is 13.0. The van der Waals surface area contributed by atoms with E-state index in [4.69, 9.17) is 11.6 Å². The topological polar surface area (TPSA) is 105 Å². The van der Waals surface area contributed by atoms with Gasteiger partial charge in [0, 0.05) is 6.07 Å². The number of phenolic OH excluding ortho intramolecular Hbond substituents is 1. The first-order valence-corrected chi connectivity index (χ1v) is 6.18. The van der Waals surface area contributed by atoms with Gasteiger partial charge in [0.25, 0.3) is 0 Å². The molecular weight excluding hydrogens is 291 g/mol. The molecule has 100 valence electrons. The summed E-state index contributed by atoms with van der Waals surface area (Å²) in [7, 11) is -3.40. The number of ether oxygens (including phenoxy) is 1. The summed E-state index contributed by atoms with van der Waals surface area (Å²) in [6.07, 6.45) is -1.25. The zero-order chi connectivity index (χ0) is 13.9. The van der Waals surface area contributed by atoms with Crippen LogP contribution in [0.4, 0.5) is 14.9 Å². The van der Waals surface area contributed by atoms with E-state index in [2.05, 4.69) is 4.74 Å². The predicted octanol–water partition coefficient (Wildman–Crippen LogP) is 1.20. The second kappa shape index (κ2) is 5.27. The molecule has 1 rings (SSSR count). The maximum Gasteiger partial charge on any atom is 0.422 e. The van der Waals surface area contributed by atoms with Crippen LogP contribution in [0.2, 0.25) is 5.02 Å². The number of phenols is 1. The molecule has 1 aromatic rings. The van der Waals surface area contributed by atoms with E-state index in [1.165, 1.54) is 4.72 Å². The Bertz CT molecular complexity index is 577. The summed E-state index contributed by atoms with van der Waals surface area (Å²) in [4.78, 5) is 10.7. The van der Waals surface area contributed by atoms with Gasteiger partial charge in [-0.3, -0.25) is 4.72 Å². The van der Waals surface area contributed by atoms with E-state index in [-0.39, 0.29) is 5.02 Å². The van der Waals surface area contributed by atoms with Crippen LogP contribution in [-0.2, 0) is 14.9 Å². The number of carbonyl (C=O) groups excluding carboxylic acids is 1. The van der Waals surface area contributed by atoms with E-state index in [1.807, 2.05) is 0 Å². The number of nitrogens with one attached hydrogen (secondary N) is 2. The van der Waals surface area contributed by atoms with E-state index in [0.717, 1.165) is 13.2 Å². The molecule has 0 unspecified atom stereocenters. The first kappa shape index (κ1) is 14.3. The number of methoxy groups -OCH3 is 1. The van der Waals surface area contributed by atoms with Crippen molar-refractivity contribution in [3.8, 4) is 5.75 Å². The van der Waals surface area contributed by atoms with E-state index in [1.54, 1.807) is 4.72 Å². The molecule has 1 aromatic carbocycles. The average Bonchev–Trinajstić information content (AvgIpc) is 2.23. The zero-order valence-electron chi connectivity index (χ0n) is 8.90. The van der Waals surface area contributed by atoms with Crippen LogP contribution < -0.4 is 9.44 Å². The monoisotopic (exact) mass is 298 g/mol. The van der Waals surface area contributed by atoms with Crippen molar-refractivity contribution in [2.45, 2.75) is 0 Å². The van der Waals surface area contributed by atoms with Gasteiger partial charge in [-0.25, -0.2) is 13.9 Å². The van der Waals surface area contributed by atoms with Crippen LogP contribution >= 0.6 is 11.6 Å². The predicted molar refractivity (Wildman–Crippen MR) is 61.2 cm³/mol. The number of hydrogen-bond acceptors (Lipinski definition) is 5. The minimum atomic E-state index is -4.36. The normalized spacial score (nSPS) is 10.8. The first-order chi connectivity index (χ1) is 8.25. The molecule has 0 saturated carbocycles. The zero-order valence-corrected chi connectivity index (χ0v) is 10.5. The highest BCUT2D eigenvalue weighted by Crippen LogP contribution is 2.33. The molecule has 1 amide bonds. The third-order valence-electron chi connectivity index (χ3n) is 1.68. The summed E-state index contributed by atoms with van der Waals surface area (Å²) < 4.78 is 42.9. The van der Waals surface area contributed by atoms with Gasteiger partial charge in [0.2, 0.25) is 0 Å². The molecular formula is C8H8ClFN2O5S. The van der Waals surface area contributed by atoms with Crippen molar-refractivity contribution in [1.82, 2.24) is 4.72 Å². The molecule has 0 fully saturated rings. The molecule has 0 bridgehead atoms. The summed E-state index contributed by atoms with van der Waals surface area (Å²) >= 11 is 5.44. The number of rotatable bonds is 3. The molecule has 0 spiro atoms. The van der Waals surface area contributed by atoms with Crippen molar-refractivity contribution in [2.75, 3.05) is 11.8 Å². The lowest BCUT2D eigenvalue weighted by Crippen LogP contribution is -2.35. The van der Waals surface area contributed by atoms with Gasteiger partial charge in [-0.15, -0.1) is 0 Å². The molecule has 0 aromatic heterocycles. The Balaban J connectivity index is 3.01. The quantitative estimate of drug-likeness (QED) is 0.727. The van der Waals surface area contributed by atoms with Crippen LogP contribution in [0, 0.1) is 5.82 Å². The van der Waals surface area contributed by atoms with Crippen LogP contribution in [0.15, 0.2) is 12.1 Å². The summed E-state index contributed by atoms with van der Waals surface area (Å²) in [6.45, 7) is 0. The Morgan fingerprint density at radius 3 is 2.67 bits per heavy atom. The lowest BCUT2D eigenvalue weighted by molar-refractivity contribution is 0.177. The number of benzene rings is 1. The van der Waals surface area contributed by atoms with E-state index in [9.17, 15) is 22.7 Å². The Morgan fingerprint density at radius 2 is 2.11 bits per heavy atom. The molecule has 0 aliphatic heterocycles. The number of aromatic hydroxyl groups is 1. The summed E-state index contributed by atoms with van der Waals surface area (Å²) in [5.41, 5.74) is -0.517. The first-order valence-electron chi connectivity index (χ1n) is 4.31. The number of carbonyl (C=O) groups is 1. The van der Waals surface area contributed by atoms with Gasteiger partial charge in [-0.05, 0) is 6.07 Å². The van der Waals surface area contributed by atoms with Crippen molar-refractivity contribution in [1.29, 1.82) is 0 Å². The lowest BCUT2D eigenvalue weighted by Gasteiger charge is -2.10. The van der Waals surface area contributed by atoms with Crippen molar-refractivity contribution < 1.29 is 27.4 Å². The molecule has 0 atom stereocenters. The molecule has 0 radical (unpaired) electrons. The summed E-state index contributed by atoms with van der Waals surface area (Å²) in [5, 5.41) is 9.02. The van der Waals surface area contributed by atoms with Gasteiger partial charge in [-0.2, -0.15) is 8.42 Å². The third kappa shape index (κ3) is 3.64. The molecule has 0 saturated heterocycles. The van der Waals surface area contributed by atoms with Crippen LogP contribution in [0.25, 0.3) is 0 Å². The molecule has 10 heteroatoms. The van der Waals surface area contributed by atoms with Crippen LogP contribution in [0.1, 0.15) is 0 Å². The molecule has 0 aliphatic carbocycles. The van der Waals surface area contributed by atoms with Gasteiger partial charge >= 0.3 is 16.3 Å². The van der Waals surface area contributed by atoms with E-state index in [0.29, 0.717) is 6.07 Å². The van der Waals surface area contributed by atoms with E-state index < -0.39 is 33.6 Å². The lowest BCUT2D eigenvalue weighted by atomic mass is 10.3. The Morgan fingerprint density at radius 1 is 1.50 bits per heavy atom. The highest BCUT2D eigenvalue weighted by Gasteiger charge is 2.18. The number of halogens is 2. The third-order valence-corrected chi connectivity index (χ3v) is 2.89. The number of amides is 1. The molecule has 0 heterocycles. The van der Waals surface area contributed by atoms with Gasteiger partial charge in [0.15, 0.2) is 5.75 Å². The van der Waals surface area contributed by atoms with Gasteiger partial charge in [-0.1, -0.05) is 11.6 Å². The second-order valence-corrected chi connectivity index (χ2v) is 4.81. The molecule has 3 N–H and O–H groups in total. The van der Waals surface area contributed by atoms with Crippen LogP contribution in [0.5, 0.6) is 5.75 Å². The van der Waals surface area contributed by atoms with E-state index >= 15 is 0 Å². The SMILES string of the molecule is COC(=O)NS(=O)(=O)Nc1cc(F)cc(Cl)c1O. The molecule has 18 heavy (non-hydrogen) atoms. The highest BCUT2D eigenvalue weighted by atomic mass is 35.5. The number of anilines is 1. The summed E-state index contributed by atoms with van der Waals surface area (Å²) in [6, 6.07) is 1.49. The standard InChI is InChI=1S/C8H8ClFN2O5S/c1-17-8(14)12-18(15,16)11-6-3-4(10)2-5(9)7(6)13/h2-3,11,13H,1H3,(H,12,14). The Kier molecular flexibility index (Phi) is 4.19. The molecule has 0 aliphatic rings. The minimum Gasteiger partial charge on any atom is -0.504 e. The highest BCUT2D eigenvalue weighted by molar-refractivity contribution is 7.91. The van der Waals surface area contributed by atoms with Gasteiger partial charge in [0.05, 0.1) is 17.8 Å². The van der Waals surface area contributed by atoms with Crippen LogP contribution in [0.3, 0.4) is 0 Å². The van der Waals surface area contributed by atoms with Gasteiger partial charge in [0.1, 0.15) is 5.82 Å². The fraction of sp³-hybridized carbons (Fsp3) is 0.125. The van der Waals surface area contributed by atoms with Crippen molar-refractivity contribution in [2.24, 2.45) is 0 Å². The fourth-order valence-electron chi connectivity index (χ4n) is 0.965. The minimum absolute atomic E-state index is 0.384. The van der Waals surface area contributed by atoms with Crippen molar-refractivity contribution >= 4 is 33.6 Å². The Labute approximate surface area is 107 Å². The van der Waals surface area contributed by atoms with Crippen LogP contribution in [-0.4, -0.2) is 26.7 Å². The largest absolute Gasteiger partial charge is 0.504 e. The molecule has 7 nitrogen and oxygen atoms in total. The summed E-state index contributed by atoms with van der Waals surface area (Å²) in [5.74, 6) is -1.54. The second-order valence-electron chi connectivity index (χ2n) is 2.98. The number of hydrogen-bond donors (Lipinski definition) is 3. The Hall–Kier alpha value is -1.74. The smallest absolute Gasteiger partial charge is 0.422 e. The van der Waals surface area contributed by atoms with Crippen molar-refractivity contribution in [3.05, 3.63) is 23.0 Å².